The lowest BCUT2D eigenvalue weighted by atomic mass is 10.2. The van der Waals surface area contributed by atoms with Crippen LogP contribution in [0.15, 0.2) is 17.2 Å². The summed E-state index contributed by atoms with van der Waals surface area (Å²) in [5.41, 5.74) is -0.267. The topological polar surface area (TPSA) is 78.0 Å². The van der Waals surface area contributed by atoms with Crippen molar-refractivity contribution in [2.45, 2.75) is 25.9 Å². The van der Waals surface area contributed by atoms with Crippen LogP contribution in [0.3, 0.4) is 0 Å². The van der Waals surface area contributed by atoms with E-state index in [0.29, 0.717) is 6.54 Å². The first-order valence-electron chi connectivity index (χ1n) is 4.69. The minimum absolute atomic E-state index is 0.252. The Labute approximate surface area is 82.2 Å². The number of nitrogens with zero attached hydrogens (tertiary/aromatic N) is 1. The van der Waals surface area contributed by atoms with Crippen LogP contribution in [0.2, 0.25) is 0 Å². The first-order chi connectivity index (χ1) is 6.74. The first kappa shape index (κ1) is 10.7. The molecule has 14 heavy (non-hydrogen) atoms. The Morgan fingerprint density at radius 3 is 3.14 bits per heavy atom. The van der Waals surface area contributed by atoms with Crippen LogP contribution < -0.4 is 10.9 Å². The van der Waals surface area contributed by atoms with Crippen LogP contribution in [-0.2, 0) is 0 Å². The van der Waals surface area contributed by atoms with Gasteiger partial charge < -0.3 is 15.4 Å². The summed E-state index contributed by atoms with van der Waals surface area (Å²) in [4.78, 5) is 17.5. The second-order valence-electron chi connectivity index (χ2n) is 3.09. The normalized spacial score (nSPS) is 12.4. The Morgan fingerprint density at radius 2 is 2.50 bits per heavy atom. The summed E-state index contributed by atoms with van der Waals surface area (Å²) in [6.07, 6.45) is 4.17. The molecular formula is C9H15N3O2. The molecular weight excluding hydrogens is 182 g/mol. The maximum absolute atomic E-state index is 11.1. The van der Waals surface area contributed by atoms with Crippen LogP contribution in [0.25, 0.3) is 0 Å². The van der Waals surface area contributed by atoms with Gasteiger partial charge in [-0.05, 0) is 6.42 Å². The van der Waals surface area contributed by atoms with Gasteiger partial charge in [-0.15, -0.1) is 0 Å². The van der Waals surface area contributed by atoms with Crippen LogP contribution in [-0.4, -0.2) is 27.7 Å². The monoisotopic (exact) mass is 197 g/mol. The molecule has 0 aromatic carbocycles. The predicted octanol–water partition coefficient (Wildman–Crippen LogP) is 0.343. The Balaban J connectivity index is 2.46. The molecule has 3 N–H and O–H groups in total. The maximum Gasteiger partial charge on any atom is 0.290 e. The molecule has 0 bridgehead atoms. The van der Waals surface area contributed by atoms with Crippen LogP contribution >= 0.6 is 0 Å². The molecule has 0 fully saturated rings. The number of hydrogen-bond acceptors (Lipinski definition) is 4. The second kappa shape index (κ2) is 5.39. The SMILES string of the molecule is CCCC(O)CNc1ncc[nH]c1=O. The van der Waals surface area contributed by atoms with E-state index < -0.39 is 6.10 Å². The van der Waals surface area contributed by atoms with Crippen molar-refractivity contribution in [3.05, 3.63) is 22.7 Å². The maximum atomic E-state index is 11.1. The van der Waals surface area contributed by atoms with Crippen LogP contribution in [0.5, 0.6) is 0 Å². The van der Waals surface area contributed by atoms with E-state index in [1.165, 1.54) is 12.4 Å². The summed E-state index contributed by atoms with van der Waals surface area (Å²) in [6.45, 7) is 2.35. The van der Waals surface area contributed by atoms with Crippen molar-refractivity contribution in [2.75, 3.05) is 11.9 Å². The van der Waals surface area contributed by atoms with Crippen molar-refractivity contribution in [1.82, 2.24) is 9.97 Å². The number of aromatic nitrogens is 2. The molecule has 0 saturated heterocycles. The molecule has 0 aliphatic rings. The number of anilines is 1. The van der Waals surface area contributed by atoms with Crippen molar-refractivity contribution < 1.29 is 5.11 Å². The van der Waals surface area contributed by atoms with Crippen molar-refractivity contribution in [3.63, 3.8) is 0 Å². The lowest BCUT2D eigenvalue weighted by molar-refractivity contribution is 0.176. The largest absolute Gasteiger partial charge is 0.391 e. The number of aliphatic hydroxyl groups is 1. The van der Waals surface area contributed by atoms with Crippen molar-refractivity contribution in [2.24, 2.45) is 0 Å². The van der Waals surface area contributed by atoms with Crippen molar-refractivity contribution in [1.29, 1.82) is 0 Å². The highest BCUT2D eigenvalue weighted by molar-refractivity contribution is 5.29. The highest BCUT2D eigenvalue weighted by Crippen LogP contribution is 1.97. The van der Waals surface area contributed by atoms with E-state index in [1.54, 1.807) is 0 Å². The fraction of sp³-hybridized carbons (Fsp3) is 0.556. The third kappa shape index (κ3) is 3.18. The van der Waals surface area contributed by atoms with Gasteiger partial charge in [-0.3, -0.25) is 4.79 Å². The first-order valence-corrected chi connectivity index (χ1v) is 4.69. The third-order valence-corrected chi connectivity index (χ3v) is 1.83. The molecule has 0 radical (unpaired) electrons. The quantitative estimate of drug-likeness (QED) is 0.636. The zero-order valence-corrected chi connectivity index (χ0v) is 8.16. The fourth-order valence-corrected chi connectivity index (χ4v) is 1.13. The standard InChI is InChI=1S/C9H15N3O2/c1-2-3-7(13)6-12-8-9(14)11-5-4-10-8/h4-5,7,13H,2-3,6H2,1H3,(H,10,12)(H,11,14). The zero-order valence-electron chi connectivity index (χ0n) is 8.16. The molecule has 1 aromatic rings. The number of aliphatic hydroxyl groups excluding tert-OH is 1. The molecule has 1 unspecified atom stereocenters. The number of rotatable bonds is 5. The van der Waals surface area contributed by atoms with E-state index in [-0.39, 0.29) is 11.4 Å². The van der Waals surface area contributed by atoms with Gasteiger partial charge in [0.05, 0.1) is 6.10 Å². The zero-order chi connectivity index (χ0) is 10.4. The molecule has 1 atom stereocenters. The molecule has 0 aliphatic heterocycles. The van der Waals surface area contributed by atoms with E-state index in [1.807, 2.05) is 6.92 Å². The number of H-pyrrole nitrogens is 1. The summed E-state index contributed by atoms with van der Waals surface area (Å²) in [7, 11) is 0. The summed E-state index contributed by atoms with van der Waals surface area (Å²) in [5, 5.41) is 12.2. The molecule has 1 heterocycles. The summed E-state index contributed by atoms with van der Waals surface area (Å²) >= 11 is 0. The molecule has 5 heteroatoms. The molecule has 0 aliphatic carbocycles. The molecule has 0 spiro atoms. The number of hydrogen-bond donors (Lipinski definition) is 3. The second-order valence-corrected chi connectivity index (χ2v) is 3.09. The van der Waals surface area contributed by atoms with Gasteiger partial charge in [0.15, 0.2) is 5.82 Å². The summed E-state index contributed by atoms with van der Waals surface area (Å²) < 4.78 is 0. The van der Waals surface area contributed by atoms with Gasteiger partial charge in [0.1, 0.15) is 0 Å². The van der Waals surface area contributed by atoms with E-state index in [9.17, 15) is 9.90 Å². The lowest BCUT2D eigenvalue weighted by Crippen LogP contribution is -2.23. The average Bonchev–Trinajstić information content (AvgIpc) is 2.17. The highest BCUT2D eigenvalue weighted by atomic mass is 16.3. The Morgan fingerprint density at radius 1 is 1.71 bits per heavy atom. The van der Waals surface area contributed by atoms with Gasteiger partial charge in [0.25, 0.3) is 5.56 Å². The minimum atomic E-state index is -0.429. The van der Waals surface area contributed by atoms with Crippen LogP contribution in [0.4, 0.5) is 5.82 Å². The third-order valence-electron chi connectivity index (χ3n) is 1.83. The smallest absolute Gasteiger partial charge is 0.290 e. The fourth-order valence-electron chi connectivity index (χ4n) is 1.13. The molecule has 1 aromatic heterocycles. The molecule has 5 nitrogen and oxygen atoms in total. The predicted molar refractivity (Wildman–Crippen MR) is 54.3 cm³/mol. The number of nitrogens with one attached hydrogen (secondary N) is 2. The van der Waals surface area contributed by atoms with E-state index in [2.05, 4.69) is 15.3 Å². The lowest BCUT2D eigenvalue weighted by Gasteiger charge is -2.09. The molecule has 0 saturated carbocycles. The van der Waals surface area contributed by atoms with E-state index >= 15 is 0 Å². The van der Waals surface area contributed by atoms with Gasteiger partial charge in [-0.2, -0.15) is 0 Å². The minimum Gasteiger partial charge on any atom is -0.391 e. The molecule has 0 amide bonds. The Kier molecular flexibility index (Phi) is 4.12. The van der Waals surface area contributed by atoms with Crippen LogP contribution in [0, 0.1) is 0 Å². The van der Waals surface area contributed by atoms with Crippen molar-refractivity contribution in [3.8, 4) is 0 Å². The summed E-state index contributed by atoms with van der Waals surface area (Å²) in [6, 6.07) is 0. The van der Waals surface area contributed by atoms with Gasteiger partial charge >= 0.3 is 0 Å². The van der Waals surface area contributed by atoms with Gasteiger partial charge in [0, 0.05) is 18.9 Å². The van der Waals surface area contributed by atoms with E-state index in [4.69, 9.17) is 0 Å². The highest BCUT2D eigenvalue weighted by Gasteiger charge is 2.04. The summed E-state index contributed by atoms with van der Waals surface area (Å²) in [5.74, 6) is 0.252. The van der Waals surface area contributed by atoms with Crippen molar-refractivity contribution >= 4 is 5.82 Å². The van der Waals surface area contributed by atoms with Gasteiger partial charge in [-0.25, -0.2) is 4.98 Å². The Bertz CT molecular complexity index is 324. The van der Waals surface area contributed by atoms with E-state index in [0.717, 1.165) is 12.8 Å². The van der Waals surface area contributed by atoms with Gasteiger partial charge in [-0.1, -0.05) is 13.3 Å². The molecule has 1 rings (SSSR count). The van der Waals surface area contributed by atoms with Gasteiger partial charge in [0.2, 0.25) is 0 Å². The molecule has 78 valence electrons. The number of aromatic amines is 1. The van der Waals surface area contributed by atoms with Crippen LogP contribution in [0.1, 0.15) is 19.8 Å². The Hall–Kier alpha value is -1.36. The average molecular weight is 197 g/mol.